The van der Waals surface area contributed by atoms with Gasteiger partial charge in [0.25, 0.3) is 0 Å². The van der Waals surface area contributed by atoms with Crippen LogP contribution in [0.4, 0.5) is 4.39 Å². The van der Waals surface area contributed by atoms with Crippen LogP contribution in [0.2, 0.25) is 0 Å². The highest BCUT2D eigenvalue weighted by Crippen LogP contribution is 2.23. The summed E-state index contributed by atoms with van der Waals surface area (Å²) in [6.45, 7) is 1.88. The number of aromatic nitrogens is 2. The summed E-state index contributed by atoms with van der Waals surface area (Å²) in [6.07, 6.45) is 7.64. The Balaban J connectivity index is 1.61. The minimum absolute atomic E-state index is 0.217. The molecule has 1 N–H and O–H groups in total. The third-order valence-corrected chi connectivity index (χ3v) is 3.79. The molecule has 0 saturated carbocycles. The van der Waals surface area contributed by atoms with E-state index in [1.165, 1.54) is 24.5 Å². The molecule has 5 nitrogen and oxygen atoms in total. The van der Waals surface area contributed by atoms with Gasteiger partial charge in [0.15, 0.2) is 5.75 Å². The van der Waals surface area contributed by atoms with Crippen LogP contribution in [0.5, 0.6) is 11.5 Å². The molecule has 1 unspecified atom stereocenters. The average molecular weight is 363 g/mol. The predicted octanol–water partition coefficient (Wildman–Crippen LogP) is 4.30. The molecule has 6 heteroatoms. The van der Waals surface area contributed by atoms with Crippen molar-refractivity contribution in [2.45, 2.75) is 13.0 Å². The third-order valence-electron chi connectivity index (χ3n) is 3.79. The molecule has 2 aromatic carbocycles. The maximum Gasteiger partial charge on any atom is 0.244 e. The Morgan fingerprint density at radius 1 is 1.11 bits per heavy atom. The topological polar surface area (TPSA) is 64.1 Å². The van der Waals surface area contributed by atoms with Crippen LogP contribution in [0, 0.1) is 5.82 Å². The summed E-state index contributed by atoms with van der Waals surface area (Å²) in [5.74, 6) is 0.614. The van der Waals surface area contributed by atoms with Crippen LogP contribution >= 0.6 is 0 Å². The highest BCUT2D eigenvalue weighted by atomic mass is 19.1. The molecule has 0 aliphatic heterocycles. The lowest BCUT2D eigenvalue weighted by atomic mass is 10.1. The molecular formula is C21H18FN3O2. The van der Waals surface area contributed by atoms with E-state index >= 15 is 0 Å². The Kier molecular flexibility index (Phi) is 5.89. The minimum atomic E-state index is -0.311. The van der Waals surface area contributed by atoms with Gasteiger partial charge in [0, 0.05) is 6.08 Å². The van der Waals surface area contributed by atoms with Crippen molar-refractivity contribution in [3.63, 3.8) is 0 Å². The molecule has 0 radical (unpaired) electrons. The van der Waals surface area contributed by atoms with Crippen molar-refractivity contribution in [2.75, 3.05) is 0 Å². The van der Waals surface area contributed by atoms with Gasteiger partial charge < -0.3 is 10.1 Å². The molecule has 0 aliphatic rings. The van der Waals surface area contributed by atoms with E-state index < -0.39 is 0 Å². The Hall–Kier alpha value is -3.54. The summed E-state index contributed by atoms with van der Waals surface area (Å²) in [5.41, 5.74) is 1.65. The SMILES string of the molecule is CC(NC(=O)/C=C/c1ccc(F)cc1)c1cccc(Oc2cncnc2)c1. The zero-order chi connectivity index (χ0) is 19.1. The number of amides is 1. The van der Waals surface area contributed by atoms with E-state index in [0.29, 0.717) is 11.5 Å². The first-order valence-corrected chi connectivity index (χ1v) is 8.37. The van der Waals surface area contributed by atoms with Crippen LogP contribution in [0.15, 0.2) is 73.3 Å². The fourth-order valence-electron chi connectivity index (χ4n) is 2.41. The summed E-state index contributed by atoms with van der Waals surface area (Å²) in [4.78, 5) is 19.9. The largest absolute Gasteiger partial charge is 0.454 e. The summed E-state index contributed by atoms with van der Waals surface area (Å²) in [7, 11) is 0. The third kappa shape index (κ3) is 5.47. The number of rotatable bonds is 6. The number of carbonyl (C=O) groups is 1. The number of ether oxygens (including phenoxy) is 1. The second kappa shape index (κ2) is 8.71. The van der Waals surface area contributed by atoms with Gasteiger partial charge in [-0.25, -0.2) is 14.4 Å². The highest BCUT2D eigenvalue weighted by molar-refractivity contribution is 5.91. The number of nitrogens with zero attached hydrogens (tertiary/aromatic N) is 2. The van der Waals surface area contributed by atoms with Crippen LogP contribution in [-0.2, 0) is 4.79 Å². The van der Waals surface area contributed by atoms with E-state index in [9.17, 15) is 9.18 Å². The number of carbonyl (C=O) groups excluding carboxylic acids is 1. The van der Waals surface area contributed by atoms with Crippen molar-refractivity contribution < 1.29 is 13.9 Å². The Labute approximate surface area is 156 Å². The maximum absolute atomic E-state index is 12.9. The molecule has 0 spiro atoms. The average Bonchev–Trinajstić information content (AvgIpc) is 2.68. The summed E-state index contributed by atoms with van der Waals surface area (Å²) in [6, 6.07) is 13.1. The van der Waals surface area contributed by atoms with Gasteiger partial charge in [-0.15, -0.1) is 0 Å². The monoisotopic (exact) mass is 363 g/mol. The molecule has 136 valence electrons. The van der Waals surface area contributed by atoms with Crippen molar-refractivity contribution >= 4 is 12.0 Å². The second-order valence-corrected chi connectivity index (χ2v) is 5.86. The number of nitrogens with one attached hydrogen (secondary N) is 1. The lowest BCUT2D eigenvalue weighted by Gasteiger charge is -2.14. The fraction of sp³-hybridized carbons (Fsp3) is 0.0952. The van der Waals surface area contributed by atoms with Crippen LogP contribution in [0.3, 0.4) is 0 Å². The number of benzene rings is 2. The van der Waals surface area contributed by atoms with E-state index in [1.807, 2.05) is 31.2 Å². The van der Waals surface area contributed by atoms with Gasteiger partial charge in [0.1, 0.15) is 17.9 Å². The molecule has 3 aromatic rings. The summed E-state index contributed by atoms with van der Waals surface area (Å²) >= 11 is 0. The van der Waals surface area contributed by atoms with Gasteiger partial charge in [0.05, 0.1) is 18.4 Å². The van der Waals surface area contributed by atoms with Crippen LogP contribution in [0.1, 0.15) is 24.1 Å². The quantitative estimate of drug-likeness (QED) is 0.663. The van der Waals surface area contributed by atoms with E-state index in [4.69, 9.17) is 4.74 Å². The lowest BCUT2D eigenvalue weighted by molar-refractivity contribution is -0.117. The molecule has 1 amide bonds. The van der Waals surface area contributed by atoms with Crippen molar-refractivity contribution in [2.24, 2.45) is 0 Å². The van der Waals surface area contributed by atoms with Gasteiger partial charge in [-0.2, -0.15) is 0 Å². The Morgan fingerprint density at radius 3 is 2.59 bits per heavy atom. The number of hydrogen-bond donors (Lipinski definition) is 1. The molecular weight excluding hydrogens is 345 g/mol. The van der Waals surface area contributed by atoms with E-state index in [1.54, 1.807) is 30.6 Å². The molecule has 0 aliphatic carbocycles. The van der Waals surface area contributed by atoms with Crippen LogP contribution < -0.4 is 10.1 Å². The first-order chi connectivity index (χ1) is 13.1. The number of halogens is 1. The molecule has 0 bridgehead atoms. The van der Waals surface area contributed by atoms with E-state index in [-0.39, 0.29) is 17.8 Å². The highest BCUT2D eigenvalue weighted by Gasteiger charge is 2.09. The first-order valence-electron chi connectivity index (χ1n) is 8.37. The smallest absolute Gasteiger partial charge is 0.244 e. The zero-order valence-electron chi connectivity index (χ0n) is 14.7. The number of hydrogen-bond acceptors (Lipinski definition) is 4. The molecule has 27 heavy (non-hydrogen) atoms. The molecule has 1 atom stereocenters. The first kappa shape index (κ1) is 18.3. The standard InChI is InChI=1S/C21H18FN3O2/c1-15(25-21(26)10-7-16-5-8-18(22)9-6-16)17-3-2-4-19(11-17)27-20-12-23-14-24-13-20/h2-15H,1H3,(H,25,26)/b10-7+. The van der Waals surface area contributed by atoms with Gasteiger partial charge in [-0.05, 0) is 48.4 Å². The van der Waals surface area contributed by atoms with Crippen molar-refractivity contribution in [1.82, 2.24) is 15.3 Å². The molecule has 0 fully saturated rings. The normalized spacial score (nSPS) is 11.9. The Bertz CT molecular complexity index is 928. The van der Waals surface area contributed by atoms with Gasteiger partial charge in [-0.3, -0.25) is 4.79 Å². The van der Waals surface area contributed by atoms with E-state index in [2.05, 4.69) is 15.3 Å². The summed E-state index contributed by atoms with van der Waals surface area (Å²) in [5, 5.41) is 2.89. The van der Waals surface area contributed by atoms with Gasteiger partial charge in [-0.1, -0.05) is 24.3 Å². The molecule has 3 rings (SSSR count). The van der Waals surface area contributed by atoms with Crippen LogP contribution in [0.25, 0.3) is 6.08 Å². The van der Waals surface area contributed by atoms with Crippen LogP contribution in [-0.4, -0.2) is 15.9 Å². The molecule has 0 saturated heterocycles. The minimum Gasteiger partial charge on any atom is -0.454 e. The maximum atomic E-state index is 12.9. The zero-order valence-corrected chi connectivity index (χ0v) is 14.7. The lowest BCUT2D eigenvalue weighted by Crippen LogP contribution is -2.24. The van der Waals surface area contributed by atoms with E-state index in [0.717, 1.165) is 11.1 Å². The second-order valence-electron chi connectivity index (χ2n) is 5.86. The molecule has 1 heterocycles. The fourth-order valence-corrected chi connectivity index (χ4v) is 2.41. The summed E-state index contributed by atoms with van der Waals surface area (Å²) < 4.78 is 18.6. The van der Waals surface area contributed by atoms with Gasteiger partial charge in [0.2, 0.25) is 5.91 Å². The predicted molar refractivity (Wildman–Crippen MR) is 101 cm³/mol. The molecule has 1 aromatic heterocycles. The van der Waals surface area contributed by atoms with Gasteiger partial charge >= 0.3 is 0 Å². The van der Waals surface area contributed by atoms with Crippen molar-refractivity contribution in [1.29, 1.82) is 0 Å². The van der Waals surface area contributed by atoms with Crippen molar-refractivity contribution in [3.8, 4) is 11.5 Å². The van der Waals surface area contributed by atoms with Crippen molar-refractivity contribution in [3.05, 3.63) is 90.3 Å². The Morgan fingerprint density at radius 2 is 1.85 bits per heavy atom.